The zero-order valence-electron chi connectivity index (χ0n) is 11.7. The fraction of sp³-hybridized carbons (Fsp3) is 0.133. The lowest BCUT2D eigenvalue weighted by atomic mass is 10.1. The van der Waals surface area contributed by atoms with Gasteiger partial charge in [-0.3, -0.25) is 0 Å². The Morgan fingerprint density at radius 2 is 1.86 bits per heavy atom. The third kappa shape index (κ3) is 2.48. The van der Waals surface area contributed by atoms with E-state index in [9.17, 15) is 0 Å². The van der Waals surface area contributed by atoms with Crippen molar-refractivity contribution in [1.82, 2.24) is 20.2 Å². The van der Waals surface area contributed by atoms with Gasteiger partial charge in [-0.2, -0.15) is 4.68 Å². The summed E-state index contributed by atoms with van der Waals surface area (Å²) in [5.74, 6) is 0.679. The van der Waals surface area contributed by atoms with Gasteiger partial charge in [-0.15, -0.1) is 5.10 Å². The van der Waals surface area contributed by atoms with Crippen molar-refractivity contribution in [2.24, 2.45) is 0 Å². The fourth-order valence-electron chi connectivity index (χ4n) is 2.31. The van der Waals surface area contributed by atoms with Gasteiger partial charge in [0.25, 0.3) is 0 Å². The van der Waals surface area contributed by atoms with Crippen molar-refractivity contribution < 1.29 is 0 Å². The first-order chi connectivity index (χ1) is 10.1. The highest BCUT2D eigenvalue weighted by atomic mass is 35.5. The van der Waals surface area contributed by atoms with Gasteiger partial charge in [0.2, 0.25) is 0 Å². The normalized spacial score (nSPS) is 10.8. The lowest BCUT2D eigenvalue weighted by Gasteiger charge is -2.10. The summed E-state index contributed by atoms with van der Waals surface area (Å²) in [6.45, 7) is 3.96. The molecule has 2 N–H and O–H groups in total. The zero-order valence-corrected chi connectivity index (χ0v) is 12.5. The summed E-state index contributed by atoms with van der Waals surface area (Å²) in [5.41, 5.74) is 10.4. The monoisotopic (exact) mass is 299 g/mol. The van der Waals surface area contributed by atoms with Crippen LogP contribution in [0.4, 0.5) is 5.69 Å². The van der Waals surface area contributed by atoms with E-state index < -0.39 is 0 Å². The zero-order chi connectivity index (χ0) is 15.0. The van der Waals surface area contributed by atoms with Crippen molar-refractivity contribution in [2.45, 2.75) is 13.8 Å². The molecule has 1 aromatic heterocycles. The molecule has 0 aliphatic carbocycles. The molecule has 0 radical (unpaired) electrons. The Morgan fingerprint density at radius 3 is 2.57 bits per heavy atom. The molecule has 106 valence electrons. The average Bonchev–Trinajstić information content (AvgIpc) is 2.87. The second-order valence-corrected chi connectivity index (χ2v) is 5.36. The van der Waals surface area contributed by atoms with E-state index in [4.69, 9.17) is 17.3 Å². The van der Waals surface area contributed by atoms with Gasteiger partial charge in [0.1, 0.15) is 0 Å². The van der Waals surface area contributed by atoms with Gasteiger partial charge < -0.3 is 5.73 Å². The summed E-state index contributed by atoms with van der Waals surface area (Å²) in [7, 11) is 0. The van der Waals surface area contributed by atoms with E-state index in [1.807, 2.05) is 50.2 Å². The standard InChI is InChI=1S/C15H14ClN5/c1-9-8-12(17)4-5-13(9)15-18-19-20-21(15)14-6-3-11(16)7-10(14)2/h3-8H,17H2,1-2H3. The fourth-order valence-corrected chi connectivity index (χ4v) is 2.54. The molecule has 0 amide bonds. The maximum atomic E-state index is 6.00. The molecule has 0 saturated carbocycles. The summed E-state index contributed by atoms with van der Waals surface area (Å²) in [4.78, 5) is 0. The van der Waals surface area contributed by atoms with Crippen LogP contribution in [-0.2, 0) is 0 Å². The van der Waals surface area contributed by atoms with E-state index in [0.717, 1.165) is 28.1 Å². The van der Waals surface area contributed by atoms with Crippen LogP contribution in [0.5, 0.6) is 0 Å². The van der Waals surface area contributed by atoms with Crippen LogP contribution in [-0.4, -0.2) is 20.2 Å². The number of nitrogens with two attached hydrogens (primary N) is 1. The number of hydrogen-bond acceptors (Lipinski definition) is 4. The van der Waals surface area contributed by atoms with Crippen molar-refractivity contribution in [2.75, 3.05) is 5.73 Å². The number of rotatable bonds is 2. The summed E-state index contributed by atoms with van der Waals surface area (Å²) in [6, 6.07) is 11.3. The van der Waals surface area contributed by atoms with E-state index in [0.29, 0.717) is 10.8 Å². The lowest BCUT2D eigenvalue weighted by molar-refractivity contribution is 0.787. The van der Waals surface area contributed by atoms with Gasteiger partial charge in [0, 0.05) is 16.3 Å². The number of tetrazole rings is 1. The first-order valence-electron chi connectivity index (χ1n) is 6.47. The smallest absolute Gasteiger partial charge is 0.187 e. The van der Waals surface area contributed by atoms with Gasteiger partial charge in [0.15, 0.2) is 5.82 Å². The van der Waals surface area contributed by atoms with E-state index in [1.165, 1.54) is 0 Å². The molecule has 1 heterocycles. The Labute approximate surface area is 127 Å². The third-order valence-corrected chi connectivity index (χ3v) is 3.58. The first-order valence-corrected chi connectivity index (χ1v) is 6.85. The Morgan fingerprint density at radius 1 is 1.05 bits per heavy atom. The molecule has 0 aliphatic rings. The summed E-state index contributed by atoms with van der Waals surface area (Å²) < 4.78 is 1.71. The second kappa shape index (κ2) is 5.18. The highest BCUT2D eigenvalue weighted by Gasteiger charge is 2.14. The largest absolute Gasteiger partial charge is 0.399 e. The van der Waals surface area contributed by atoms with Crippen molar-refractivity contribution in [3.8, 4) is 17.1 Å². The first kappa shape index (κ1) is 13.6. The maximum Gasteiger partial charge on any atom is 0.187 e. The number of hydrogen-bond donors (Lipinski definition) is 1. The molecule has 0 atom stereocenters. The minimum atomic E-state index is 0.679. The van der Waals surface area contributed by atoms with Crippen LogP contribution in [0.3, 0.4) is 0 Å². The Hall–Kier alpha value is -2.40. The SMILES string of the molecule is Cc1cc(N)ccc1-c1nnnn1-c1ccc(Cl)cc1C. The van der Waals surface area contributed by atoms with Crippen LogP contribution in [0, 0.1) is 13.8 Å². The van der Waals surface area contributed by atoms with Crippen LogP contribution in [0.25, 0.3) is 17.1 Å². The van der Waals surface area contributed by atoms with Crippen LogP contribution in [0.15, 0.2) is 36.4 Å². The molecular formula is C15H14ClN5. The van der Waals surface area contributed by atoms with Gasteiger partial charge in [0.05, 0.1) is 5.69 Å². The molecule has 0 aliphatic heterocycles. The highest BCUT2D eigenvalue weighted by Crippen LogP contribution is 2.26. The van der Waals surface area contributed by atoms with Gasteiger partial charge in [-0.1, -0.05) is 11.6 Å². The molecule has 6 heteroatoms. The lowest BCUT2D eigenvalue weighted by Crippen LogP contribution is -2.03. The maximum absolute atomic E-state index is 6.00. The van der Waals surface area contributed by atoms with Crippen LogP contribution in [0.1, 0.15) is 11.1 Å². The summed E-state index contributed by atoms with van der Waals surface area (Å²) in [5, 5.41) is 12.7. The quantitative estimate of drug-likeness (QED) is 0.738. The minimum absolute atomic E-state index is 0.679. The van der Waals surface area contributed by atoms with Gasteiger partial charge in [-0.25, -0.2) is 0 Å². The molecule has 2 aromatic carbocycles. The minimum Gasteiger partial charge on any atom is -0.399 e. The molecule has 0 spiro atoms. The molecule has 0 fully saturated rings. The molecular weight excluding hydrogens is 286 g/mol. The topological polar surface area (TPSA) is 69.6 Å². The van der Waals surface area contributed by atoms with Crippen molar-refractivity contribution in [3.05, 3.63) is 52.5 Å². The highest BCUT2D eigenvalue weighted by molar-refractivity contribution is 6.30. The van der Waals surface area contributed by atoms with E-state index in [2.05, 4.69) is 15.5 Å². The Kier molecular flexibility index (Phi) is 3.35. The molecule has 21 heavy (non-hydrogen) atoms. The number of halogens is 1. The van der Waals surface area contributed by atoms with Crippen molar-refractivity contribution in [1.29, 1.82) is 0 Å². The van der Waals surface area contributed by atoms with Crippen LogP contribution >= 0.6 is 11.6 Å². The van der Waals surface area contributed by atoms with Crippen LogP contribution < -0.4 is 5.73 Å². The Bertz CT molecular complexity index is 744. The molecule has 0 saturated heterocycles. The van der Waals surface area contributed by atoms with Crippen molar-refractivity contribution >= 4 is 17.3 Å². The summed E-state index contributed by atoms with van der Waals surface area (Å²) in [6.07, 6.45) is 0. The number of nitrogens with zero attached hydrogens (tertiary/aromatic N) is 4. The number of aryl methyl sites for hydroxylation is 2. The van der Waals surface area contributed by atoms with Gasteiger partial charge >= 0.3 is 0 Å². The van der Waals surface area contributed by atoms with E-state index >= 15 is 0 Å². The number of benzene rings is 2. The number of anilines is 1. The van der Waals surface area contributed by atoms with Crippen LogP contribution in [0.2, 0.25) is 5.02 Å². The molecule has 0 unspecified atom stereocenters. The van der Waals surface area contributed by atoms with E-state index in [1.54, 1.807) is 4.68 Å². The third-order valence-electron chi connectivity index (χ3n) is 3.35. The molecule has 3 rings (SSSR count). The second-order valence-electron chi connectivity index (χ2n) is 4.92. The number of aromatic nitrogens is 4. The number of nitrogen functional groups attached to an aromatic ring is 1. The average molecular weight is 300 g/mol. The molecule has 3 aromatic rings. The predicted octanol–water partition coefficient (Wildman–Crippen LogP) is 3.18. The predicted molar refractivity (Wildman–Crippen MR) is 83.5 cm³/mol. The Balaban J connectivity index is 2.17. The molecule has 5 nitrogen and oxygen atoms in total. The van der Waals surface area contributed by atoms with Crippen molar-refractivity contribution in [3.63, 3.8) is 0 Å². The van der Waals surface area contributed by atoms with Gasteiger partial charge in [-0.05, 0) is 71.8 Å². The van der Waals surface area contributed by atoms with E-state index in [-0.39, 0.29) is 0 Å². The summed E-state index contributed by atoms with van der Waals surface area (Å²) >= 11 is 6.00. The molecule has 0 bridgehead atoms.